The molecule has 0 spiro atoms. The maximum absolute atomic E-state index is 6.16. The van der Waals surface area contributed by atoms with Gasteiger partial charge in [-0.3, -0.25) is 4.68 Å². The Morgan fingerprint density at radius 2 is 2.24 bits per heavy atom. The van der Waals surface area contributed by atoms with Crippen LogP contribution in [0.25, 0.3) is 0 Å². The van der Waals surface area contributed by atoms with Gasteiger partial charge < -0.3 is 10.5 Å². The smallest absolute Gasteiger partial charge is 0.119 e. The molecule has 4 nitrogen and oxygen atoms in total. The highest BCUT2D eigenvalue weighted by atomic mass is 16.5. The zero-order valence-electron chi connectivity index (χ0n) is 10.1. The van der Waals surface area contributed by atoms with Crippen LogP contribution in [0.3, 0.4) is 0 Å². The predicted octanol–water partition coefficient (Wildman–Crippen LogP) is 1.90. The number of benzene rings is 1. The minimum Gasteiger partial charge on any atom is -0.497 e. The van der Waals surface area contributed by atoms with Crippen LogP contribution in [0.1, 0.15) is 17.3 Å². The normalized spacial score (nSPS) is 12.4. The predicted molar refractivity (Wildman–Crippen MR) is 66.9 cm³/mol. The van der Waals surface area contributed by atoms with E-state index >= 15 is 0 Å². The molecule has 1 unspecified atom stereocenters. The number of rotatable bonds is 4. The van der Waals surface area contributed by atoms with Crippen molar-refractivity contribution in [1.82, 2.24) is 9.78 Å². The second-order valence-electron chi connectivity index (χ2n) is 4.04. The van der Waals surface area contributed by atoms with Gasteiger partial charge in [0.2, 0.25) is 0 Å². The standard InChI is InChI=1S/C13H17N3O/c1-10-6-7-15-16(10)9-13(14)11-4-3-5-12(8-11)17-2/h3-8,13H,9,14H2,1-2H3. The highest BCUT2D eigenvalue weighted by Gasteiger charge is 2.09. The van der Waals surface area contributed by atoms with Gasteiger partial charge in [-0.1, -0.05) is 12.1 Å². The van der Waals surface area contributed by atoms with Crippen LogP contribution in [-0.4, -0.2) is 16.9 Å². The quantitative estimate of drug-likeness (QED) is 0.874. The lowest BCUT2D eigenvalue weighted by atomic mass is 10.1. The number of ether oxygens (including phenoxy) is 1. The molecule has 1 heterocycles. The van der Waals surface area contributed by atoms with Gasteiger partial charge in [0.05, 0.1) is 13.7 Å². The lowest BCUT2D eigenvalue weighted by molar-refractivity contribution is 0.413. The summed E-state index contributed by atoms with van der Waals surface area (Å²) >= 11 is 0. The van der Waals surface area contributed by atoms with Crippen molar-refractivity contribution >= 4 is 0 Å². The summed E-state index contributed by atoms with van der Waals surface area (Å²) in [5.74, 6) is 0.829. The van der Waals surface area contributed by atoms with E-state index in [0.717, 1.165) is 17.0 Å². The summed E-state index contributed by atoms with van der Waals surface area (Å²) < 4.78 is 7.09. The number of hydrogen-bond acceptors (Lipinski definition) is 3. The zero-order valence-corrected chi connectivity index (χ0v) is 10.1. The average molecular weight is 231 g/mol. The van der Waals surface area contributed by atoms with Crippen molar-refractivity contribution < 1.29 is 4.74 Å². The molecule has 0 saturated carbocycles. The summed E-state index contributed by atoms with van der Waals surface area (Å²) in [4.78, 5) is 0. The number of aryl methyl sites for hydroxylation is 1. The molecule has 0 fully saturated rings. The number of nitrogens with two attached hydrogens (primary N) is 1. The molecule has 0 saturated heterocycles. The fourth-order valence-corrected chi connectivity index (χ4v) is 1.75. The van der Waals surface area contributed by atoms with Crippen LogP contribution >= 0.6 is 0 Å². The van der Waals surface area contributed by atoms with Crippen LogP contribution in [0.15, 0.2) is 36.5 Å². The van der Waals surface area contributed by atoms with E-state index in [9.17, 15) is 0 Å². The fraction of sp³-hybridized carbons (Fsp3) is 0.308. The first kappa shape index (κ1) is 11.7. The van der Waals surface area contributed by atoms with E-state index in [4.69, 9.17) is 10.5 Å². The van der Waals surface area contributed by atoms with Crippen molar-refractivity contribution in [2.75, 3.05) is 7.11 Å². The minimum atomic E-state index is -0.0799. The van der Waals surface area contributed by atoms with Gasteiger partial charge in [0, 0.05) is 17.9 Å². The maximum Gasteiger partial charge on any atom is 0.119 e. The number of nitrogens with zero attached hydrogens (tertiary/aromatic N) is 2. The van der Waals surface area contributed by atoms with E-state index in [2.05, 4.69) is 5.10 Å². The molecular formula is C13H17N3O. The molecule has 0 aliphatic rings. The maximum atomic E-state index is 6.16. The monoisotopic (exact) mass is 231 g/mol. The third-order valence-corrected chi connectivity index (χ3v) is 2.82. The second kappa shape index (κ2) is 5.01. The van der Waals surface area contributed by atoms with Gasteiger partial charge in [-0.25, -0.2) is 0 Å². The molecule has 0 aliphatic heterocycles. The molecule has 4 heteroatoms. The van der Waals surface area contributed by atoms with Crippen LogP contribution in [0.5, 0.6) is 5.75 Å². The van der Waals surface area contributed by atoms with Gasteiger partial charge in [0.25, 0.3) is 0 Å². The molecule has 90 valence electrons. The molecule has 0 bridgehead atoms. The highest BCUT2D eigenvalue weighted by Crippen LogP contribution is 2.18. The summed E-state index contributed by atoms with van der Waals surface area (Å²) in [6.45, 7) is 2.69. The van der Waals surface area contributed by atoms with Crippen LogP contribution in [-0.2, 0) is 6.54 Å². The molecule has 17 heavy (non-hydrogen) atoms. The van der Waals surface area contributed by atoms with Gasteiger partial charge in [-0.05, 0) is 30.7 Å². The summed E-state index contributed by atoms with van der Waals surface area (Å²) in [6, 6.07) is 9.72. The van der Waals surface area contributed by atoms with Crippen molar-refractivity contribution in [3.8, 4) is 5.75 Å². The molecule has 2 aromatic rings. The van der Waals surface area contributed by atoms with E-state index in [-0.39, 0.29) is 6.04 Å². The van der Waals surface area contributed by atoms with Gasteiger partial charge in [0.1, 0.15) is 5.75 Å². The number of hydrogen-bond donors (Lipinski definition) is 1. The largest absolute Gasteiger partial charge is 0.497 e. The van der Waals surface area contributed by atoms with E-state index in [1.807, 2.05) is 41.9 Å². The van der Waals surface area contributed by atoms with Crippen molar-refractivity contribution in [2.24, 2.45) is 5.73 Å². The average Bonchev–Trinajstić information content (AvgIpc) is 2.75. The third kappa shape index (κ3) is 2.65. The Morgan fingerprint density at radius 1 is 1.41 bits per heavy atom. The number of methoxy groups -OCH3 is 1. The number of aromatic nitrogens is 2. The summed E-state index contributed by atoms with van der Waals surface area (Å²) in [5, 5.41) is 4.23. The Balaban J connectivity index is 2.14. The molecule has 0 radical (unpaired) electrons. The van der Waals surface area contributed by atoms with Gasteiger partial charge in [-0.15, -0.1) is 0 Å². The Bertz CT molecular complexity index is 493. The van der Waals surface area contributed by atoms with Gasteiger partial charge in [0.15, 0.2) is 0 Å². The van der Waals surface area contributed by atoms with Gasteiger partial charge >= 0.3 is 0 Å². The fourth-order valence-electron chi connectivity index (χ4n) is 1.75. The van der Waals surface area contributed by atoms with E-state index in [1.165, 1.54) is 0 Å². The molecule has 1 aromatic carbocycles. The molecule has 1 aromatic heterocycles. The first-order valence-corrected chi connectivity index (χ1v) is 5.58. The van der Waals surface area contributed by atoms with E-state index in [1.54, 1.807) is 13.3 Å². The van der Waals surface area contributed by atoms with Crippen LogP contribution in [0.4, 0.5) is 0 Å². The first-order valence-electron chi connectivity index (χ1n) is 5.58. The summed E-state index contributed by atoms with van der Waals surface area (Å²) in [7, 11) is 1.66. The zero-order chi connectivity index (χ0) is 12.3. The Kier molecular flexibility index (Phi) is 3.44. The van der Waals surface area contributed by atoms with Crippen molar-refractivity contribution in [1.29, 1.82) is 0 Å². The lowest BCUT2D eigenvalue weighted by Gasteiger charge is -2.14. The third-order valence-electron chi connectivity index (χ3n) is 2.82. The molecule has 0 amide bonds. The van der Waals surface area contributed by atoms with Crippen molar-refractivity contribution in [3.63, 3.8) is 0 Å². The molecule has 0 aliphatic carbocycles. The van der Waals surface area contributed by atoms with E-state index < -0.39 is 0 Å². The molecule has 2 rings (SSSR count). The summed E-state index contributed by atoms with van der Waals surface area (Å²) in [5.41, 5.74) is 8.33. The molecular weight excluding hydrogens is 214 g/mol. The SMILES string of the molecule is COc1cccc(C(N)Cn2nccc2C)c1. The minimum absolute atomic E-state index is 0.0799. The molecule has 1 atom stereocenters. The van der Waals surface area contributed by atoms with Crippen LogP contribution < -0.4 is 10.5 Å². The van der Waals surface area contributed by atoms with Crippen molar-refractivity contribution in [2.45, 2.75) is 19.5 Å². The molecule has 2 N–H and O–H groups in total. The Morgan fingerprint density at radius 3 is 2.88 bits per heavy atom. The summed E-state index contributed by atoms with van der Waals surface area (Å²) in [6.07, 6.45) is 1.79. The Labute approximate surface area is 101 Å². The first-order chi connectivity index (χ1) is 8.20. The topological polar surface area (TPSA) is 53.1 Å². The van der Waals surface area contributed by atoms with E-state index in [0.29, 0.717) is 6.54 Å². The van der Waals surface area contributed by atoms with Crippen LogP contribution in [0.2, 0.25) is 0 Å². The Hall–Kier alpha value is -1.81. The second-order valence-corrected chi connectivity index (χ2v) is 4.04. The highest BCUT2D eigenvalue weighted by molar-refractivity contribution is 5.30. The van der Waals surface area contributed by atoms with Crippen LogP contribution in [0, 0.1) is 6.92 Å². The van der Waals surface area contributed by atoms with Crippen molar-refractivity contribution in [3.05, 3.63) is 47.8 Å². The van der Waals surface area contributed by atoms with Gasteiger partial charge in [-0.2, -0.15) is 5.10 Å². The lowest BCUT2D eigenvalue weighted by Crippen LogP contribution is -2.19.